The Bertz CT molecular complexity index is 605. The number of likely N-dealkylation sites (tertiary alicyclic amines) is 1. The summed E-state index contributed by atoms with van der Waals surface area (Å²) < 4.78 is 5.80. The van der Waals surface area contributed by atoms with Gasteiger partial charge in [0.2, 0.25) is 0 Å². The van der Waals surface area contributed by atoms with E-state index in [0.717, 1.165) is 4.47 Å². The fourth-order valence-electron chi connectivity index (χ4n) is 2.51. The molecule has 2 amide bonds. The zero-order valence-corrected chi connectivity index (χ0v) is 14.5. The fraction of sp³-hybridized carbons (Fsp3) is 0.438. The molecular weight excluding hydrogens is 364 g/mol. The molecule has 0 aromatic heterocycles. The first kappa shape index (κ1) is 17.5. The molecule has 1 unspecified atom stereocenters. The number of nitrogens with one attached hydrogen (secondary N) is 1. The number of hydrogen-bond donors (Lipinski definition) is 1. The summed E-state index contributed by atoms with van der Waals surface area (Å²) in [5.74, 6) is -1.99. The third kappa shape index (κ3) is 4.79. The number of anilines is 1. The summed E-state index contributed by atoms with van der Waals surface area (Å²) in [7, 11) is 0. The average molecular weight is 383 g/mol. The van der Waals surface area contributed by atoms with Gasteiger partial charge in [0.15, 0.2) is 0 Å². The Balaban J connectivity index is 1.96. The van der Waals surface area contributed by atoms with Crippen LogP contribution in [0.25, 0.3) is 0 Å². The Labute approximate surface area is 143 Å². The van der Waals surface area contributed by atoms with Gasteiger partial charge in [-0.15, -0.1) is 0 Å². The first-order chi connectivity index (χ1) is 11.0. The highest BCUT2D eigenvalue weighted by atomic mass is 79.9. The maximum absolute atomic E-state index is 12.3. The number of carbonyl (C=O) groups is 3. The summed E-state index contributed by atoms with van der Waals surface area (Å²) in [5.41, 5.74) is 0.539. The SMILES string of the molecule is CCOC(=O)C1CCCN(C(=O)C(=O)Nc2cccc(Br)c2)C1. The van der Waals surface area contributed by atoms with Crippen LogP contribution in [0.4, 0.5) is 5.69 Å². The number of rotatable bonds is 3. The van der Waals surface area contributed by atoms with E-state index >= 15 is 0 Å². The molecule has 2 rings (SSSR count). The molecule has 1 aliphatic heterocycles. The molecule has 1 aliphatic rings. The minimum absolute atomic E-state index is 0.226. The summed E-state index contributed by atoms with van der Waals surface area (Å²) >= 11 is 3.31. The van der Waals surface area contributed by atoms with Crippen LogP contribution in [0.15, 0.2) is 28.7 Å². The molecule has 1 heterocycles. The minimum atomic E-state index is -0.701. The van der Waals surface area contributed by atoms with Crippen molar-refractivity contribution in [3.63, 3.8) is 0 Å². The number of amides is 2. The van der Waals surface area contributed by atoms with Crippen molar-refractivity contribution in [2.24, 2.45) is 5.92 Å². The van der Waals surface area contributed by atoms with E-state index in [0.29, 0.717) is 31.7 Å². The summed E-state index contributed by atoms with van der Waals surface area (Å²) in [6, 6.07) is 7.00. The van der Waals surface area contributed by atoms with Gasteiger partial charge in [0, 0.05) is 23.2 Å². The van der Waals surface area contributed by atoms with Crippen molar-refractivity contribution < 1.29 is 19.1 Å². The molecule has 0 aliphatic carbocycles. The van der Waals surface area contributed by atoms with Crippen LogP contribution >= 0.6 is 15.9 Å². The number of hydrogen-bond acceptors (Lipinski definition) is 4. The Hall–Kier alpha value is -1.89. The molecule has 23 heavy (non-hydrogen) atoms. The highest BCUT2D eigenvalue weighted by molar-refractivity contribution is 9.10. The van der Waals surface area contributed by atoms with E-state index in [9.17, 15) is 14.4 Å². The number of carbonyl (C=O) groups excluding carboxylic acids is 3. The van der Waals surface area contributed by atoms with Gasteiger partial charge in [-0.2, -0.15) is 0 Å². The van der Waals surface area contributed by atoms with Gasteiger partial charge in [-0.3, -0.25) is 14.4 Å². The van der Waals surface area contributed by atoms with E-state index in [-0.39, 0.29) is 18.4 Å². The summed E-state index contributed by atoms with van der Waals surface area (Å²) in [6.07, 6.45) is 1.36. The van der Waals surface area contributed by atoms with Crippen LogP contribution in [-0.2, 0) is 19.1 Å². The zero-order valence-electron chi connectivity index (χ0n) is 12.9. The summed E-state index contributed by atoms with van der Waals surface area (Å²) in [6.45, 7) is 2.76. The van der Waals surface area contributed by atoms with Gasteiger partial charge in [0.1, 0.15) is 0 Å². The lowest BCUT2D eigenvalue weighted by Crippen LogP contribution is -2.47. The normalized spacial score (nSPS) is 17.5. The number of piperidine rings is 1. The van der Waals surface area contributed by atoms with E-state index < -0.39 is 11.8 Å². The average Bonchev–Trinajstić information content (AvgIpc) is 2.54. The lowest BCUT2D eigenvalue weighted by atomic mass is 9.98. The van der Waals surface area contributed by atoms with Crippen molar-refractivity contribution in [3.05, 3.63) is 28.7 Å². The predicted octanol–water partition coefficient (Wildman–Crippen LogP) is 2.19. The molecule has 1 atom stereocenters. The predicted molar refractivity (Wildman–Crippen MR) is 88.7 cm³/mol. The van der Waals surface area contributed by atoms with Crippen LogP contribution in [0.2, 0.25) is 0 Å². The van der Waals surface area contributed by atoms with Crippen LogP contribution in [0.1, 0.15) is 19.8 Å². The molecule has 124 valence electrons. The van der Waals surface area contributed by atoms with Crippen LogP contribution in [0.3, 0.4) is 0 Å². The Kier molecular flexibility index (Phi) is 6.15. The lowest BCUT2D eigenvalue weighted by molar-refractivity contribution is -0.153. The van der Waals surface area contributed by atoms with Crippen LogP contribution in [-0.4, -0.2) is 42.4 Å². The van der Waals surface area contributed by atoms with Gasteiger partial charge in [-0.25, -0.2) is 0 Å². The van der Waals surface area contributed by atoms with Gasteiger partial charge in [0.25, 0.3) is 0 Å². The molecule has 1 saturated heterocycles. The van der Waals surface area contributed by atoms with Gasteiger partial charge < -0.3 is 15.0 Å². The summed E-state index contributed by atoms with van der Waals surface area (Å²) in [4.78, 5) is 37.6. The third-order valence-corrected chi connectivity index (χ3v) is 4.10. The van der Waals surface area contributed by atoms with Crippen LogP contribution in [0.5, 0.6) is 0 Å². The highest BCUT2D eigenvalue weighted by Gasteiger charge is 2.31. The van der Waals surface area contributed by atoms with Gasteiger partial charge in [-0.1, -0.05) is 22.0 Å². The Morgan fingerprint density at radius 1 is 1.39 bits per heavy atom. The van der Waals surface area contributed by atoms with Gasteiger partial charge >= 0.3 is 17.8 Å². The van der Waals surface area contributed by atoms with Crippen LogP contribution in [0, 0.1) is 5.92 Å². The van der Waals surface area contributed by atoms with Crippen molar-refractivity contribution in [2.75, 3.05) is 25.0 Å². The smallest absolute Gasteiger partial charge is 0.313 e. The second-order valence-electron chi connectivity index (χ2n) is 5.31. The lowest BCUT2D eigenvalue weighted by Gasteiger charge is -2.30. The number of esters is 1. The van der Waals surface area contributed by atoms with Crippen molar-refractivity contribution >= 4 is 39.4 Å². The monoisotopic (exact) mass is 382 g/mol. The molecule has 1 aromatic rings. The maximum Gasteiger partial charge on any atom is 0.313 e. The van der Waals surface area contributed by atoms with E-state index in [4.69, 9.17) is 4.74 Å². The zero-order chi connectivity index (χ0) is 16.8. The molecule has 1 N–H and O–H groups in total. The first-order valence-electron chi connectivity index (χ1n) is 7.53. The molecule has 0 radical (unpaired) electrons. The fourth-order valence-corrected chi connectivity index (χ4v) is 2.91. The number of halogens is 1. The topological polar surface area (TPSA) is 75.7 Å². The van der Waals surface area contributed by atoms with Crippen molar-refractivity contribution in [3.8, 4) is 0 Å². The molecule has 7 heteroatoms. The second-order valence-corrected chi connectivity index (χ2v) is 6.22. The maximum atomic E-state index is 12.3. The van der Waals surface area contributed by atoms with Gasteiger partial charge in [-0.05, 0) is 38.0 Å². The van der Waals surface area contributed by atoms with E-state index in [1.807, 2.05) is 6.07 Å². The number of ether oxygens (including phenoxy) is 1. The van der Waals surface area contributed by atoms with Gasteiger partial charge in [0.05, 0.1) is 12.5 Å². The third-order valence-electron chi connectivity index (χ3n) is 3.61. The second kappa shape index (κ2) is 8.10. The molecule has 0 saturated carbocycles. The van der Waals surface area contributed by atoms with E-state index in [1.54, 1.807) is 25.1 Å². The quantitative estimate of drug-likeness (QED) is 0.642. The Morgan fingerprint density at radius 3 is 2.87 bits per heavy atom. The first-order valence-corrected chi connectivity index (χ1v) is 8.33. The van der Waals surface area contributed by atoms with E-state index in [1.165, 1.54) is 4.90 Å². The van der Waals surface area contributed by atoms with Crippen molar-refractivity contribution in [1.29, 1.82) is 0 Å². The Morgan fingerprint density at radius 2 is 2.17 bits per heavy atom. The van der Waals surface area contributed by atoms with Crippen molar-refractivity contribution in [2.45, 2.75) is 19.8 Å². The number of benzene rings is 1. The molecule has 6 nitrogen and oxygen atoms in total. The standard InChI is InChI=1S/C16H19BrN2O4/c1-2-23-16(22)11-5-4-8-19(10-11)15(21)14(20)18-13-7-3-6-12(17)9-13/h3,6-7,9,11H,2,4-5,8,10H2,1H3,(H,18,20). The molecule has 0 bridgehead atoms. The largest absolute Gasteiger partial charge is 0.466 e. The molecular formula is C16H19BrN2O4. The molecule has 1 fully saturated rings. The molecule has 0 spiro atoms. The van der Waals surface area contributed by atoms with Crippen LogP contribution < -0.4 is 5.32 Å². The highest BCUT2D eigenvalue weighted by Crippen LogP contribution is 2.19. The molecule has 1 aromatic carbocycles. The van der Waals surface area contributed by atoms with Crippen molar-refractivity contribution in [1.82, 2.24) is 4.90 Å². The summed E-state index contributed by atoms with van der Waals surface area (Å²) in [5, 5.41) is 2.57. The number of nitrogens with zero attached hydrogens (tertiary/aromatic N) is 1. The van der Waals surface area contributed by atoms with E-state index in [2.05, 4.69) is 21.2 Å². The minimum Gasteiger partial charge on any atom is -0.466 e.